The van der Waals surface area contributed by atoms with Gasteiger partial charge in [-0.05, 0) is 48.9 Å². The second kappa shape index (κ2) is 9.24. The number of urea groups is 1. The molecular formula is C26H20ClN5O2S2. The minimum atomic E-state index is -0.309. The number of aromatic nitrogens is 2. The van der Waals surface area contributed by atoms with Crippen molar-refractivity contribution < 1.29 is 9.59 Å². The maximum absolute atomic E-state index is 13.4. The minimum Gasteiger partial charge on any atom is -0.312 e. The number of para-hydroxylation sites is 2. The van der Waals surface area contributed by atoms with Crippen LogP contribution in [0, 0.1) is 6.92 Å². The average molecular weight is 534 g/mol. The normalized spacial score (nSPS) is 16.6. The van der Waals surface area contributed by atoms with E-state index in [-0.39, 0.29) is 17.9 Å². The molecule has 1 unspecified atom stereocenters. The van der Waals surface area contributed by atoms with Crippen molar-refractivity contribution in [1.29, 1.82) is 0 Å². The van der Waals surface area contributed by atoms with Gasteiger partial charge in [-0.2, -0.15) is 0 Å². The fraction of sp³-hybridized carbons (Fsp3) is 0.154. The molecule has 1 fully saturated rings. The largest absolute Gasteiger partial charge is 0.332 e. The average Bonchev–Trinajstić information content (AvgIpc) is 3.50. The minimum absolute atomic E-state index is 0.0136. The molecule has 0 saturated carbocycles. The van der Waals surface area contributed by atoms with Crippen LogP contribution in [0.15, 0.2) is 76.5 Å². The van der Waals surface area contributed by atoms with Gasteiger partial charge in [-0.1, -0.05) is 65.0 Å². The molecule has 36 heavy (non-hydrogen) atoms. The van der Waals surface area contributed by atoms with E-state index in [1.54, 1.807) is 21.6 Å². The van der Waals surface area contributed by atoms with Crippen LogP contribution in [0.3, 0.4) is 0 Å². The highest BCUT2D eigenvalue weighted by Gasteiger charge is 2.35. The van der Waals surface area contributed by atoms with Crippen molar-refractivity contribution in [3.63, 3.8) is 0 Å². The van der Waals surface area contributed by atoms with E-state index in [1.165, 1.54) is 11.3 Å². The van der Waals surface area contributed by atoms with Crippen LogP contribution in [0.2, 0.25) is 5.02 Å². The van der Waals surface area contributed by atoms with Gasteiger partial charge in [0, 0.05) is 39.4 Å². The first-order chi connectivity index (χ1) is 17.5. The van der Waals surface area contributed by atoms with Gasteiger partial charge in [0.1, 0.15) is 5.01 Å². The summed E-state index contributed by atoms with van der Waals surface area (Å²) >= 11 is 9.21. The monoisotopic (exact) mass is 533 g/mol. The summed E-state index contributed by atoms with van der Waals surface area (Å²) in [4.78, 5) is 31.6. The first kappa shape index (κ1) is 23.0. The summed E-state index contributed by atoms with van der Waals surface area (Å²) in [6, 6.07) is 20.9. The number of amides is 3. The van der Waals surface area contributed by atoms with E-state index in [4.69, 9.17) is 11.6 Å². The molecule has 3 heterocycles. The summed E-state index contributed by atoms with van der Waals surface area (Å²) < 4.78 is 0. The summed E-state index contributed by atoms with van der Waals surface area (Å²) in [5.41, 5.74) is 3.37. The topological polar surface area (TPSA) is 78.4 Å². The number of benzene rings is 3. The SMILES string of the molecule is Cc1ccc(N2CC(c3nnc(NC(=O)N4c5ccccc5Sc5ccccc54)s3)CC2=O)cc1Cl. The van der Waals surface area contributed by atoms with Gasteiger partial charge in [-0.15, -0.1) is 10.2 Å². The third-order valence-corrected chi connectivity index (χ3v) is 8.77. The lowest BCUT2D eigenvalue weighted by molar-refractivity contribution is -0.117. The Bertz CT molecular complexity index is 1460. The maximum atomic E-state index is 13.4. The van der Waals surface area contributed by atoms with Gasteiger partial charge in [-0.3, -0.25) is 15.0 Å². The molecule has 2 aliphatic heterocycles. The summed E-state index contributed by atoms with van der Waals surface area (Å²) in [6.45, 7) is 2.42. The van der Waals surface area contributed by atoms with Gasteiger partial charge in [0.2, 0.25) is 11.0 Å². The van der Waals surface area contributed by atoms with E-state index in [9.17, 15) is 9.59 Å². The number of nitrogens with one attached hydrogen (secondary N) is 1. The quantitative estimate of drug-likeness (QED) is 0.311. The molecule has 1 saturated heterocycles. The molecule has 0 spiro atoms. The molecule has 3 aromatic carbocycles. The van der Waals surface area contributed by atoms with Crippen molar-refractivity contribution in [1.82, 2.24) is 10.2 Å². The molecule has 180 valence electrons. The lowest BCUT2D eigenvalue weighted by Crippen LogP contribution is -2.32. The summed E-state index contributed by atoms with van der Waals surface area (Å²) in [5.74, 6) is -0.0895. The zero-order valence-electron chi connectivity index (χ0n) is 19.1. The molecule has 2 aliphatic rings. The van der Waals surface area contributed by atoms with Gasteiger partial charge < -0.3 is 4.90 Å². The van der Waals surface area contributed by atoms with E-state index < -0.39 is 0 Å². The molecule has 4 aromatic rings. The molecule has 7 nitrogen and oxygen atoms in total. The highest BCUT2D eigenvalue weighted by molar-refractivity contribution is 7.99. The number of hydrogen-bond donors (Lipinski definition) is 1. The number of fused-ring (bicyclic) bond motifs is 2. The van der Waals surface area contributed by atoms with E-state index in [2.05, 4.69) is 15.5 Å². The van der Waals surface area contributed by atoms with E-state index in [0.717, 1.165) is 32.4 Å². The van der Waals surface area contributed by atoms with Crippen LogP contribution in [-0.2, 0) is 4.79 Å². The van der Waals surface area contributed by atoms with Gasteiger partial charge in [0.05, 0.1) is 11.4 Å². The Hall–Kier alpha value is -3.40. The Morgan fingerprint density at radius 1 is 1.03 bits per heavy atom. The predicted octanol–water partition coefficient (Wildman–Crippen LogP) is 6.86. The van der Waals surface area contributed by atoms with E-state index >= 15 is 0 Å². The van der Waals surface area contributed by atoms with Crippen molar-refractivity contribution in [2.75, 3.05) is 21.7 Å². The fourth-order valence-corrected chi connectivity index (χ4v) is 6.45. The Labute approximate surface area is 221 Å². The molecule has 6 rings (SSSR count). The molecule has 0 aliphatic carbocycles. The molecular weight excluding hydrogens is 514 g/mol. The Morgan fingerprint density at radius 3 is 2.42 bits per heavy atom. The van der Waals surface area contributed by atoms with Crippen LogP contribution in [-0.4, -0.2) is 28.7 Å². The van der Waals surface area contributed by atoms with Gasteiger partial charge in [0.25, 0.3) is 0 Å². The van der Waals surface area contributed by atoms with Gasteiger partial charge in [-0.25, -0.2) is 4.79 Å². The fourth-order valence-electron chi connectivity index (χ4n) is 4.39. The number of carbonyl (C=O) groups is 2. The second-order valence-corrected chi connectivity index (χ2v) is 11.1. The molecule has 1 atom stereocenters. The van der Waals surface area contributed by atoms with Crippen molar-refractivity contribution in [3.05, 3.63) is 82.3 Å². The third kappa shape index (κ3) is 4.13. The molecule has 3 amide bonds. The molecule has 1 aromatic heterocycles. The number of hydrogen-bond acceptors (Lipinski definition) is 6. The first-order valence-corrected chi connectivity index (χ1v) is 13.4. The van der Waals surface area contributed by atoms with Gasteiger partial charge >= 0.3 is 6.03 Å². The third-order valence-electron chi connectivity index (χ3n) is 6.23. The van der Waals surface area contributed by atoms with Crippen LogP contribution in [0.1, 0.15) is 22.9 Å². The lowest BCUT2D eigenvalue weighted by atomic mass is 10.1. The molecule has 10 heteroatoms. The Balaban J connectivity index is 1.21. The van der Waals surface area contributed by atoms with Crippen molar-refractivity contribution >= 4 is 68.8 Å². The van der Waals surface area contributed by atoms with Gasteiger partial charge in [0.15, 0.2) is 0 Å². The number of anilines is 4. The molecule has 0 bridgehead atoms. The second-order valence-electron chi connectivity index (χ2n) is 8.59. The van der Waals surface area contributed by atoms with Crippen LogP contribution in [0.25, 0.3) is 0 Å². The number of aryl methyl sites for hydroxylation is 1. The summed E-state index contributed by atoms with van der Waals surface area (Å²) in [5, 5.41) is 13.2. The lowest BCUT2D eigenvalue weighted by Gasteiger charge is -2.30. The first-order valence-electron chi connectivity index (χ1n) is 11.3. The predicted molar refractivity (Wildman–Crippen MR) is 144 cm³/mol. The highest BCUT2D eigenvalue weighted by atomic mass is 35.5. The van der Waals surface area contributed by atoms with Crippen LogP contribution in [0.5, 0.6) is 0 Å². The highest BCUT2D eigenvalue weighted by Crippen LogP contribution is 2.48. The Kier molecular flexibility index (Phi) is 5.91. The molecule has 1 N–H and O–H groups in total. The van der Waals surface area contributed by atoms with Crippen molar-refractivity contribution in [2.24, 2.45) is 0 Å². The van der Waals surface area contributed by atoms with Crippen molar-refractivity contribution in [2.45, 2.75) is 29.1 Å². The summed E-state index contributed by atoms with van der Waals surface area (Å²) in [6.07, 6.45) is 0.332. The van der Waals surface area contributed by atoms with E-state index in [1.807, 2.05) is 73.7 Å². The zero-order valence-corrected chi connectivity index (χ0v) is 21.5. The Morgan fingerprint density at radius 2 is 1.72 bits per heavy atom. The number of nitrogens with zero attached hydrogens (tertiary/aromatic N) is 4. The van der Waals surface area contributed by atoms with E-state index in [0.29, 0.717) is 28.1 Å². The van der Waals surface area contributed by atoms with Crippen LogP contribution >= 0.6 is 34.7 Å². The zero-order chi connectivity index (χ0) is 24.8. The smallest absolute Gasteiger partial charge is 0.312 e. The van der Waals surface area contributed by atoms with Crippen LogP contribution in [0.4, 0.5) is 27.0 Å². The maximum Gasteiger partial charge on any atom is 0.332 e. The number of rotatable bonds is 3. The number of carbonyl (C=O) groups excluding carboxylic acids is 2. The standard InChI is InChI=1S/C26H20ClN5O2S2/c1-15-10-11-17(13-18(15)27)31-14-16(12-23(31)33)24-29-30-25(36-24)28-26(34)32-19-6-2-4-8-21(19)35-22-9-5-3-7-20(22)32/h2-11,13,16H,12,14H2,1H3,(H,28,30,34). The van der Waals surface area contributed by atoms with Crippen LogP contribution < -0.4 is 15.1 Å². The summed E-state index contributed by atoms with van der Waals surface area (Å²) in [7, 11) is 0. The number of halogens is 1. The van der Waals surface area contributed by atoms with Crippen molar-refractivity contribution in [3.8, 4) is 0 Å². The molecule has 0 radical (unpaired) electrons.